The highest BCUT2D eigenvalue weighted by molar-refractivity contribution is 5.73. The maximum absolute atomic E-state index is 2.30. The molecule has 3 rings (SSSR count). The molecule has 1 aliphatic rings. The first-order valence-electron chi connectivity index (χ1n) is 8.63. The second-order valence-corrected chi connectivity index (χ2v) is 6.16. The lowest BCUT2D eigenvalue weighted by molar-refractivity contribution is 0.631. The van der Waals surface area contributed by atoms with E-state index in [0.717, 1.165) is 0 Å². The lowest BCUT2D eigenvalue weighted by atomic mass is 9.88. The van der Waals surface area contributed by atoms with E-state index in [-0.39, 0.29) is 0 Å². The second kappa shape index (κ2) is 7.45. The summed E-state index contributed by atoms with van der Waals surface area (Å²) < 4.78 is 0. The van der Waals surface area contributed by atoms with Crippen molar-refractivity contribution in [1.82, 2.24) is 0 Å². The van der Waals surface area contributed by atoms with Gasteiger partial charge in [0.05, 0.1) is 5.92 Å². The van der Waals surface area contributed by atoms with Gasteiger partial charge in [0.25, 0.3) is 0 Å². The molecule has 0 heterocycles. The van der Waals surface area contributed by atoms with Crippen LogP contribution in [0.3, 0.4) is 0 Å². The fourth-order valence-electron chi connectivity index (χ4n) is 3.31. The van der Waals surface area contributed by atoms with Crippen LogP contribution in [0, 0.1) is 5.92 Å². The highest BCUT2D eigenvalue weighted by Crippen LogP contribution is 2.36. The predicted octanol–water partition coefficient (Wildman–Crippen LogP) is 6.20. The van der Waals surface area contributed by atoms with Crippen molar-refractivity contribution in [2.45, 2.75) is 45.4 Å². The fourth-order valence-corrected chi connectivity index (χ4v) is 3.31. The Labute approximate surface area is 134 Å². The summed E-state index contributed by atoms with van der Waals surface area (Å²) in [5.41, 5.74) is 5.63. The van der Waals surface area contributed by atoms with Crippen LogP contribution in [-0.2, 0) is 6.42 Å². The molecular weight excluding hydrogens is 264 g/mol. The number of rotatable bonds is 7. The summed E-state index contributed by atoms with van der Waals surface area (Å²) in [5, 5.41) is 0. The molecule has 0 saturated carbocycles. The van der Waals surface area contributed by atoms with E-state index in [0.29, 0.717) is 0 Å². The maximum atomic E-state index is 2.30. The summed E-state index contributed by atoms with van der Waals surface area (Å²) in [6, 6.07) is 17.6. The van der Waals surface area contributed by atoms with E-state index in [9.17, 15) is 0 Å². The number of allylic oxidation sites excluding steroid dienone is 1. The molecule has 0 saturated heterocycles. The predicted molar refractivity (Wildman–Crippen MR) is 95.8 cm³/mol. The molecule has 1 radical (unpaired) electrons. The Morgan fingerprint density at radius 1 is 0.682 bits per heavy atom. The number of aryl methyl sites for hydroxylation is 1. The van der Waals surface area contributed by atoms with Crippen molar-refractivity contribution in [1.29, 1.82) is 0 Å². The first-order valence-corrected chi connectivity index (χ1v) is 8.63. The van der Waals surface area contributed by atoms with Crippen molar-refractivity contribution in [3.05, 3.63) is 82.8 Å². The molecule has 0 heteroatoms. The van der Waals surface area contributed by atoms with Crippen molar-refractivity contribution < 1.29 is 0 Å². The Morgan fingerprint density at radius 2 is 1.41 bits per heavy atom. The van der Waals surface area contributed by atoms with E-state index in [2.05, 4.69) is 67.6 Å². The molecule has 0 N–H and O–H groups in total. The zero-order valence-corrected chi connectivity index (χ0v) is 13.5. The number of hydrogen-bond donors (Lipinski definition) is 0. The Kier molecular flexibility index (Phi) is 5.11. The zero-order chi connectivity index (χ0) is 15.2. The van der Waals surface area contributed by atoms with Gasteiger partial charge in [-0.3, -0.25) is 0 Å². The molecule has 113 valence electrons. The standard InChI is InChI=1S/C22H25/c1-2-3-4-5-6-11-18-12-7-9-14-20(18)22-17-16-19-13-8-10-15-21(19)22/h7-10,12-17H,2-6,11H2,1H3. The summed E-state index contributed by atoms with van der Waals surface area (Å²) in [7, 11) is 0. The quantitative estimate of drug-likeness (QED) is 0.532. The Balaban J connectivity index is 1.74. The molecule has 0 aromatic heterocycles. The van der Waals surface area contributed by atoms with Crippen LogP contribution in [0.15, 0.2) is 54.6 Å². The molecule has 1 aliphatic carbocycles. The first-order chi connectivity index (χ1) is 10.9. The van der Waals surface area contributed by atoms with E-state index >= 15 is 0 Å². The largest absolute Gasteiger partial charge is 0.0674 e. The van der Waals surface area contributed by atoms with Crippen LogP contribution in [0.2, 0.25) is 0 Å². The monoisotopic (exact) mass is 289 g/mol. The van der Waals surface area contributed by atoms with Gasteiger partial charge >= 0.3 is 0 Å². The van der Waals surface area contributed by atoms with Gasteiger partial charge in [0.15, 0.2) is 0 Å². The molecule has 0 aliphatic heterocycles. The smallest absolute Gasteiger partial charge is 0.0566 e. The average Bonchev–Trinajstić information content (AvgIpc) is 2.99. The third-order valence-electron chi connectivity index (χ3n) is 4.54. The summed E-state index contributed by atoms with van der Waals surface area (Å²) in [6.45, 7) is 2.27. The highest BCUT2D eigenvalue weighted by Gasteiger charge is 2.21. The van der Waals surface area contributed by atoms with E-state index < -0.39 is 0 Å². The number of unbranched alkanes of at least 4 members (excludes halogenated alkanes) is 4. The fraction of sp³-hybridized carbons (Fsp3) is 0.318. The van der Waals surface area contributed by atoms with Gasteiger partial charge in [0.2, 0.25) is 0 Å². The Morgan fingerprint density at radius 3 is 2.27 bits per heavy atom. The van der Waals surface area contributed by atoms with Crippen molar-refractivity contribution in [2.75, 3.05) is 0 Å². The molecule has 0 atom stereocenters. The SMILES string of the molecule is CCCCCCCc1ccccc1[C]1C=Cc2ccccc21. The van der Waals surface area contributed by atoms with Crippen molar-refractivity contribution in [3.63, 3.8) is 0 Å². The Hall–Kier alpha value is -1.82. The van der Waals surface area contributed by atoms with Gasteiger partial charge in [0.1, 0.15) is 0 Å². The average molecular weight is 289 g/mol. The van der Waals surface area contributed by atoms with Gasteiger partial charge in [-0.25, -0.2) is 0 Å². The first kappa shape index (κ1) is 15.1. The molecular formula is C22H25. The molecule has 0 nitrogen and oxygen atoms in total. The lowest BCUT2D eigenvalue weighted by Crippen LogP contribution is -2.02. The minimum Gasteiger partial charge on any atom is -0.0674 e. The van der Waals surface area contributed by atoms with Crippen LogP contribution in [0.25, 0.3) is 6.08 Å². The van der Waals surface area contributed by atoms with Gasteiger partial charge in [-0.1, -0.05) is 93.3 Å². The lowest BCUT2D eigenvalue weighted by Gasteiger charge is -2.15. The summed E-state index contributed by atoms with van der Waals surface area (Å²) in [6.07, 6.45) is 12.4. The number of fused-ring (bicyclic) bond motifs is 1. The third-order valence-corrected chi connectivity index (χ3v) is 4.54. The molecule has 2 aromatic rings. The zero-order valence-electron chi connectivity index (χ0n) is 13.5. The van der Waals surface area contributed by atoms with Crippen LogP contribution in [0.4, 0.5) is 0 Å². The van der Waals surface area contributed by atoms with Gasteiger partial charge in [-0.05, 0) is 35.1 Å². The molecule has 0 spiro atoms. The minimum absolute atomic E-state index is 1.19. The normalized spacial score (nSPS) is 13.5. The summed E-state index contributed by atoms with van der Waals surface area (Å²) in [4.78, 5) is 0. The van der Waals surface area contributed by atoms with E-state index in [1.54, 1.807) is 0 Å². The van der Waals surface area contributed by atoms with Gasteiger partial charge in [0, 0.05) is 0 Å². The van der Waals surface area contributed by atoms with Crippen molar-refractivity contribution >= 4 is 6.08 Å². The number of hydrogen-bond acceptors (Lipinski definition) is 0. The number of benzene rings is 2. The van der Waals surface area contributed by atoms with E-state index in [1.807, 2.05) is 0 Å². The van der Waals surface area contributed by atoms with Crippen LogP contribution in [0.1, 0.15) is 61.3 Å². The van der Waals surface area contributed by atoms with Gasteiger partial charge < -0.3 is 0 Å². The van der Waals surface area contributed by atoms with Crippen molar-refractivity contribution in [2.24, 2.45) is 0 Å². The molecule has 22 heavy (non-hydrogen) atoms. The molecule has 0 bridgehead atoms. The van der Waals surface area contributed by atoms with Crippen LogP contribution in [0.5, 0.6) is 0 Å². The maximum Gasteiger partial charge on any atom is 0.0566 e. The molecule has 2 aromatic carbocycles. The van der Waals surface area contributed by atoms with Crippen LogP contribution < -0.4 is 0 Å². The Bertz CT molecular complexity index is 636. The van der Waals surface area contributed by atoms with E-state index in [1.165, 1.54) is 66.7 Å². The molecule has 0 unspecified atom stereocenters. The topological polar surface area (TPSA) is 0 Å². The summed E-state index contributed by atoms with van der Waals surface area (Å²) >= 11 is 0. The van der Waals surface area contributed by atoms with E-state index in [4.69, 9.17) is 0 Å². The van der Waals surface area contributed by atoms with Crippen molar-refractivity contribution in [3.8, 4) is 0 Å². The summed E-state index contributed by atoms with van der Waals surface area (Å²) in [5.74, 6) is 1.39. The third kappa shape index (κ3) is 3.32. The second-order valence-electron chi connectivity index (χ2n) is 6.16. The molecule has 0 fully saturated rings. The van der Waals surface area contributed by atoms with Gasteiger partial charge in [-0.2, -0.15) is 0 Å². The van der Waals surface area contributed by atoms with Crippen LogP contribution in [-0.4, -0.2) is 0 Å². The van der Waals surface area contributed by atoms with Crippen LogP contribution >= 0.6 is 0 Å². The van der Waals surface area contributed by atoms with Gasteiger partial charge in [-0.15, -0.1) is 0 Å². The minimum atomic E-state index is 1.19. The molecule has 0 amide bonds. The highest BCUT2D eigenvalue weighted by atomic mass is 14.2.